The first kappa shape index (κ1) is 51.0. The van der Waals surface area contributed by atoms with Crippen molar-refractivity contribution in [2.75, 3.05) is 13.1 Å². The van der Waals surface area contributed by atoms with Crippen molar-refractivity contribution >= 4 is 11.6 Å². The molecular weight excluding hydrogens is 592 g/mol. The summed E-state index contributed by atoms with van der Waals surface area (Å²) in [6, 6.07) is 8.87. The fourth-order valence-corrected chi connectivity index (χ4v) is 5.29. The van der Waals surface area contributed by atoms with Gasteiger partial charge < -0.3 is 10.2 Å². The van der Waals surface area contributed by atoms with Crippen LogP contribution in [0.25, 0.3) is 0 Å². The second-order valence-corrected chi connectivity index (χ2v) is 11.8. The van der Waals surface area contributed by atoms with E-state index >= 15 is 0 Å². The Morgan fingerprint density at radius 3 is 1.87 bits per heavy atom. The van der Waals surface area contributed by atoms with Crippen LogP contribution in [0.2, 0.25) is 0 Å². The highest BCUT2D eigenvalue weighted by molar-refractivity contribution is 6.22. The molecule has 1 aromatic carbocycles. The molecular formula is C44H75ClN2. The van der Waals surface area contributed by atoms with Gasteiger partial charge in [-0.25, -0.2) is 0 Å². The molecule has 268 valence electrons. The number of terminal acetylenes is 1. The summed E-state index contributed by atoms with van der Waals surface area (Å²) in [6.45, 7) is 49.0. The molecule has 0 saturated carbocycles. The van der Waals surface area contributed by atoms with E-state index in [1.807, 2.05) is 62.3 Å². The third-order valence-corrected chi connectivity index (χ3v) is 7.41. The zero-order chi connectivity index (χ0) is 37.7. The lowest BCUT2D eigenvalue weighted by molar-refractivity contribution is 0.343. The minimum atomic E-state index is -0.115. The fraction of sp³-hybridized carbons (Fsp3) is 0.545. The second-order valence-electron chi connectivity index (χ2n) is 11.2. The summed E-state index contributed by atoms with van der Waals surface area (Å²) in [5.74, 6) is 2.25. The second kappa shape index (κ2) is 31.7. The maximum atomic E-state index is 6.71. The highest BCUT2D eigenvalue weighted by atomic mass is 35.5. The van der Waals surface area contributed by atoms with Gasteiger partial charge >= 0.3 is 0 Å². The van der Waals surface area contributed by atoms with Crippen molar-refractivity contribution in [3.05, 3.63) is 107 Å². The summed E-state index contributed by atoms with van der Waals surface area (Å²) < 4.78 is 0. The molecule has 1 N–H and O–H groups in total. The van der Waals surface area contributed by atoms with E-state index < -0.39 is 0 Å². The van der Waals surface area contributed by atoms with Gasteiger partial charge in [0.2, 0.25) is 0 Å². The average molecular weight is 668 g/mol. The zero-order valence-corrected chi connectivity index (χ0v) is 34.4. The van der Waals surface area contributed by atoms with Crippen LogP contribution in [-0.2, 0) is 6.42 Å². The molecule has 0 fully saturated rings. The van der Waals surface area contributed by atoms with Gasteiger partial charge in [-0.05, 0) is 114 Å². The zero-order valence-electron chi connectivity index (χ0n) is 33.6. The molecule has 1 aliphatic rings. The van der Waals surface area contributed by atoms with Crippen molar-refractivity contribution in [1.29, 1.82) is 0 Å². The van der Waals surface area contributed by atoms with Gasteiger partial charge in [0, 0.05) is 30.5 Å². The summed E-state index contributed by atoms with van der Waals surface area (Å²) in [7, 11) is 0. The van der Waals surface area contributed by atoms with Gasteiger partial charge in [-0.15, -0.1) is 30.5 Å². The molecule has 2 rings (SSSR count). The number of allylic oxidation sites excluding steroid dienone is 4. The van der Waals surface area contributed by atoms with Crippen LogP contribution in [-0.4, -0.2) is 29.4 Å². The molecule has 1 aliphatic heterocycles. The summed E-state index contributed by atoms with van der Waals surface area (Å²) >= 11 is 6.71. The molecule has 2 atom stereocenters. The van der Waals surface area contributed by atoms with E-state index in [0.29, 0.717) is 0 Å². The maximum Gasteiger partial charge on any atom is 0.0579 e. The van der Waals surface area contributed by atoms with Gasteiger partial charge in [0.25, 0.3) is 0 Å². The monoisotopic (exact) mass is 667 g/mol. The van der Waals surface area contributed by atoms with Crippen molar-refractivity contribution < 1.29 is 0 Å². The number of alkyl halides is 1. The van der Waals surface area contributed by atoms with Gasteiger partial charge in [-0.3, -0.25) is 0 Å². The molecule has 0 radical (unpaired) electrons. The fourth-order valence-electron chi connectivity index (χ4n) is 4.99. The number of benzene rings is 1. The van der Waals surface area contributed by atoms with Crippen LogP contribution in [0.5, 0.6) is 0 Å². The first-order valence-electron chi connectivity index (χ1n) is 17.9. The van der Waals surface area contributed by atoms with E-state index in [-0.39, 0.29) is 11.4 Å². The average Bonchev–Trinajstić information content (AvgIpc) is 3.05. The van der Waals surface area contributed by atoms with Gasteiger partial charge in [0.15, 0.2) is 0 Å². The largest absolute Gasteiger partial charge is 0.379 e. The van der Waals surface area contributed by atoms with Gasteiger partial charge in [-0.1, -0.05) is 111 Å². The summed E-state index contributed by atoms with van der Waals surface area (Å²) in [5, 5.41) is 3.47. The number of nitrogens with zero attached hydrogens (tertiary/aromatic N) is 1. The van der Waals surface area contributed by atoms with E-state index in [4.69, 9.17) is 11.6 Å². The maximum absolute atomic E-state index is 6.71. The minimum Gasteiger partial charge on any atom is -0.379 e. The molecule has 0 saturated heterocycles. The normalized spacial score (nSPS) is 13.1. The molecule has 0 bridgehead atoms. The summed E-state index contributed by atoms with van der Waals surface area (Å²) in [4.78, 5) is 2.47. The van der Waals surface area contributed by atoms with Crippen LogP contribution in [0.4, 0.5) is 0 Å². The Morgan fingerprint density at radius 1 is 0.979 bits per heavy atom. The Balaban J connectivity index is -0.000000618. The Bertz CT molecular complexity index is 1140. The number of halogens is 1. The van der Waals surface area contributed by atoms with E-state index in [9.17, 15) is 0 Å². The Hall–Kier alpha value is -2.89. The molecule has 1 heterocycles. The van der Waals surface area contributed by atoms with Crippen LogP contribution in [0.1, 0.15) is 134 Å². The molecule has 2 nitrogen and oxygen atoms in total. The number of hydrogen-bond donors (Lipinski definition) is 1. The van der Waals surface area contributed by atoms with Crippen LogP contribution in [0, 0.1) is 19.3 Å². The molecule has 47 heavy (non-hydrogen) atoms. The lowest BCUT2D eigenvalue weighted by Gasteiger charge is -2.35. The standard InChI is InChI=1S/C31H45ClN2.C4H8.C3H4.3C2H6/c1-10-27-20-34(23(6)16-17-28-15-13-12-14-22(28)5)19-18-29(27)24(7)31(25(8)32)26(9)33-30(11-2)21(3)4;1-4(2)3;1-3-2;3*1-2/h12-15,25,30,33H,3,6,9-11,16-20H2,1-2,4-5,7-8H3;1H2,2-3H3;1H,2H3;3*1-2H3/b31-24+;;;;;. The summed E-state index contributed by atoms with van der Waals surface area (Å²) in [6.07, 6.45) is 9.65. The highest BCUT2D eigenvalue weighted by Crippen LogP contribution is 2.34. The van der Waals surface area contributed by atoms with Crippen molar-refractivity contribution in [3.8, 4) is 12.3 Å². The quantitative estimate of drug-likeness (QED) is 0.103. The van der Waals surface area contributed by atoms with E-state index in [1.54, 1.807) is 6.92 Å². The number of rotatable bonds is 12. The predicted molar refractivity (Wildman–Crippen MR) is 220 cm³/mol. The van der Waals surface area contributed by atoms with Crippen LogP contribution in [0.15, 0.2) is 95.4 Å². The topological polar surface area (TPSA) is 15.3 Å². The lowest BCUT2D eigenvalue weighted by Crippen LogP contribution is -2.33. The van der Waals surface area contributed by atoms with E-state index in [0.717, 1.165) is 62.0 Å². The van der Waals surface area contributed by atoms with Crippen molar-refractivity contribution in [2.24, 2.45) is 0 Å². The van der Waals surface area contributed by atoms with Gasteiger partial charge in [-0.2, -0.15) is 0 Å². The Labute approximate surface area is 300 Å². The molecule has 0 amide bonds. The molecule has 0 aromatic heterocycles. The number of nitrogens with one attached hydrogen (secondary N) is 1. The third kappa shape index (κ3) is 21.6. The predicted octanol–water partition coefficient (Wildman–Crippen LogP) is 13.6. The summed E-state index contributed by atoms with van der Waals surface area (Å²) in [5.41, 5.74) is 12.5. The van der Waals surface area contributed by atoms with Crippen LogP contribution < -0.4 is 5.32 Å². The van der Waals surface area contributed by atoms with Crippen LogP contribution >= 0.6 is 11.6 Å². The van der Waals surface area contributed by atoms with Crippen molar-refractivity contribution in [2.45, 2.75) is 147 Å². The van der Waals surface area contributed by atoms with Crippen LogP contribution in [0.3, 0.4) is 0 Å². The highest BCUT2D eigenvalue weighted by Gasteiger charge is 2.24. The van der Waals surface area contributed by atoms with Crippen molar-refractivity contribution in [3.63, 3.8) is 0 Å². The first-order chi connectivity index (χ1) is 22.2. The molecule has 0 spiro atoms. The minimum absolute atomic E-state index is 0.115. The lowest BCUT2D eigenvalue weighted by atomic mass is 9.87. The van der Waals surface area contributed by atoms with Gasteiger partial charge in [0.1, 0.15) is 0 Å². The first-order valence-corrected chi connectivity index (χ1v) is 18.3. The van der Waals surface area contributed by atoms with E-state index in [2.05, 4.69) is 108 Å². The van der Waals surface area contributed by atoms with Crippen molar-refractivity contribution in [1.82, 2.24) is 10.2 Å². The smallest absolute Gasteiger partial charge is 0.0579 e. The number of aryl methyl sites for hydroxylation is 2. The third-order valence-electron chi connectivity index (χ3n) is 7.19. The molecule has 2 unspecified atom stereocenters. The Morgan fingerprint density at radius 2 is 1.47 bits per heavy atom. The number of hydrogen-bond acceptors (Lipinski definition) is 2. The van der Waals surface area contributed by atoms with E-state index in [1.165, 1.54) is 39.1 Å². The Kier molecular flexibility index (Phi) is 34.4. The molecule has 3 heteroatoms. The molecule has 1 aromatic rings. The molecule has 0 aliphatic carbocycles. The SMILES string of the molecule is C#CC.C=C(C)C.C=C(NC(CC)C(=C)C)/C(=C(\C)C1=C(CC)CN(C(=C)CCc2ccccc2C)CC1)C(C)Cl.CC.CC.CC. The van der Waals surface area contributed by atoms with Gasteiger partial charge in [0.05, 0.1) is 5.38 Å².